The second-order valence-corrected chi connectivity index (χ2v) is 6.60. The molecule has 1 N–H and O–H groups in total. The molecule has 0 aromatic heterocycles. The fraction of sp³-hybridized carbons (Fsp3) is 0.278. The zero-order valence-electron chi connectivity index (χ0n) is 14.0. The van der Waals surface area contributed by atoms with E-state index in [0.717, 1.165) is 12.1 Å². The van der Waals surface area contributed by atoms with Gasteiger partial charge in [-0.15, -0.1) is 0 Å². The molecule has 9 heteroatoms. The van der Waals surface area contributed by atoms with Gasteiger partial charge in [-0.2, -0.15) is 13.2 Å². The van der Waals surface area contributed by atoms with Crippen LogP contribution in [-0.4, -0.2) is 23.7 Å². The molecule has 0 saturated heterocycles. The lowest BCUT2D eigenvalue weighted by molar-refractivity contribution is -0.148. The van der Waals surface area contributed by atoms with E-state index < -0.39 is 35.9 Å². The van der Waals surface area contributed by atoms with Gasteiger partial charge in [-0.05, 0) is 42.3 Å². The minimum Gasteiger partial charge on any atom is -0.307 e. The van der Waals surface area contributed by atoms with Crippen molar-refractivity contribution in [3.05, 3.63) is 64.2 Å². The minimum absolute atomic E-state index is 0.0189. The van der Waals surface area contributed by atoms with Crippen LogP contribution in [0.3, 0.4) is 0 Å². The van der Waals surface area contributed by atoms with Crippen molar-refractivity contribution in [2.75, 3.05) is 11.9 Å². The van der Waals surface area contributed by atoms with E-state index in [0.29, 0.717) is 4.90 Å². The van der Waals surface area contributed by atoms with Crippen LogP contribution in [0.25, 0.3) is 0 Å². The highest BCUT2D eigenvalue weighted by Crippen LogP contribution is 2.47. The Balaban J connectivity index is 2.33. The van der Waals surface area contributed by atoms with E-state index in [4.69, 9.17) is 11.6 Å². The fourth-order valence-corrected chi connectivity index (χ4v) is 3.68. The van der Waals surface area contributed by atoms with Gasteiger partial charge in [0, 0.05) is 16.3 Å². The first-order valence-corrected chi connectivity index (χ1v) is 8.37. The number of amides is 2. The van der Waals surface area contributed by atoms with Gasteiger partial charge in [0.15, 0.2) is 11.6 Å². The van der Waals surface area contributed by atoms with Crippen LogP contribution in [0.15, 0.2) is 36.4 Å². The van der Waals surface area contributed by atoms with Crippen LogP contribution < -0.4 is 5.32 Å². The molecule has 1 atom stereocenters. The fourth-order valence-electron chi connectivity index (χ4n) is 3.51. The quantitative estimate of drug-likeness (QED) is 0.656. The number of rotatable bonds is 3. The minimum atomic E-state index is -4.70. The molecule has 1 aliphatic rings. The second-order valence-electron chi connectivity index (χ2n) is 6.16. The number of carbonyl (C=O) groups excluding carboxylic acids is 1. The first-order chi connectivity index (χ1) is 12.6. The van der Waals surface area contributed by atoms with Crippen molar-refractivity contribution >= 4 is 23.3 Å². The van der Waals surface area contributed by atoms with Crippen LogP contribution in [-0.2, 0) is 5.54 Å². The molecule has 3 nitrogen and oxygen atoms in total. The van der Waals surface area contributed by atoms with Crippen LogP contribution in [0.1, 0.15) is 24.5 Å². The van der Waals surface area contributed by atoms with Gasteiger partial charge in [-0.1, -0.05) is 24.6 Å². The van der Waals surface area contributed by atoms with E-state index in [1.165, 1.54) is 24.3 Å². The van der Waals surface area contributed by atoms with Crippen molar-refractivity contribution in [2.45, 2.75) is 25.1 Å². The Hall–Kier alpha value is -2.35. The summed E-state index contributed by atoms with van der Waals surface area (Å²) in [5.41, 5.74) is -1.12. The Morgan fingerprint density at radius 1 is 1.11 bits per heavy atom. The molecule has 2 aromatic carbocycles. The van der Waals surface area contributed by atoms with E-state index >= 15 is 0 Å². The van der Waals surface area contributed by atoms with Gasteiger partial charge in [-0.25, -0.2) is 13.6 Å². The Kier molecular flexibility index (Phi) is 4.80. The Labute approximate surface area is 156 Å². The lowest BCUT2D eigenvalue weighted by Crippen LogP contribution is -2.57. The third-order valence-electron chi connectivity index (χ3n) is 4.62. The maximum absolute atomic E-state index is 13.9. The lowest BCUT2D eigenvalue weighted by Gasteiger charge is -2.48. The van der Waals surface area contributed by atoms with Crippen molar-refractivity contribution in [1.82, 2.24) is 4.90 Å². The summed E-state index contributed by atoms with van der Waals surface area (Å²) in [5.74, 6) is -2.36. The summed E-state index contributed by atoms with van der Waals surface area (Å²) in [5, 5.41) is 2.64. The van der Waals surface area contributed by atoms with Crippen LogP contribution in [0.5, 0.6) is 0 Å². The van der Waals surface area contributed by atoms with E-state index in [1.54, 1.807) is 6.92 Å². The van der Waals surface area contributed by atoms with E-state index in [2.05, 4.69) is 5.32 Å². The number of anilines is 1. The maximum atomic E-state index is 13.9. The number of hydrogen-bond donors (Lipinski definition) is 1. The smallest absolute Gasteiger partial charge is 0.307 e. The molecule has 0 saturated carbocycles. The van der Waals surface area contributed by atoms with Crippen molar-refractivity contribution in [3.63, 3.8) is 0 Å². The SMILES string of the molecule is CCC1(c2ccc(F)c(F)c2)c2cc(Cl)ccc2NC(=O)N1CC(F)(F)F. The van der Waals surface area contributed by atoms with Gasteiger partial charge in [0.05, 0.1) is 5.54 Å². The molecule has 2 aromatic rings. The largest absolute Gasteiger partial charge is 0.406 e. The molecule has 0 radical (unpaired) electrons. The average molecular weight is 405 g/mol. The summed E-state index contributed by atoms with van der Waals surface area (Å²) in [6.07, 6.45) is -4.72. The van der Waals surface area contributed by atoms with Gasteiger partial charge in [0.25, 0.3) is 0 Å². The summed E-state index contributed by atoms with van der Waals surface area (Å²) in [6.45, 7) is -0.00839. The van der Waals surface area contributed by atoms with Gasteiger partial charge >= 0.3 is 12.2 Å². The molecular formula is C18H14ClF5N2O. The summed E-state index contributed by atoms with van der Waals surface area (Å²) >= 11 is 6.03. The number of hydrogen-bond acceptors (Lipinski definition) is 1. The monoisotopic (exact) mass is 404 g/mol. The molecule has 0 fully saturated rings. The molecule has 1 heterocycles. The van der Waals surface area contributed by atoms with Crippen LogP contribution in [0.2, 0.25) is 5.02 Å². The third-order valence-corrected chi connectivity index (χ3v) is 4.86. The highest BCUT2D eigenvalue weighted by Gasteiger charge is 2.50. The zero-order valence-corrected chi connectivity index (χ0v) is 14.8. The number of nitrogens with one attached hydrogen (secondary N) is 1. The molecule has 144 valence electrons. The number of carbonyl (C=O) groups is 1. The second kappa shape index (κ2) is 6.67. The summed E-state index contributed by atoms with van der Waals surface area (Å²) in [6, 6.07) is 6.18. The highest BCUT2D eigenvalue weighted by molar-refractivity contribution is 6.30. The van der Waals surface area contributed by atoms with Crippen LogP contribution >= 0.6 is 11.6 Å². The topological polar surface area (TPSA) is 32.3 Å². The van der Waals surface area contributed by atoms with Gasteiger partial charge < -0.3 is 10.2 Å². The number of halogens is 6. The molecule has 0 spiro atoms. The van der Waals surface area contributed by atoms with Crippen LogP contribution in [0.4, 0.5) is 32.4 Å². The number of alkyl halides is 3. The van der Waals surface area contributed by atoms with Crippen molar-refractivity contribution in [2.24, 2.45) is 0 Å². The number of nitrogens with zero attached hydrogens (tertiary/aromatic N) is 1. The normalized spacial score (nSPS) is 19.7. The maximum Gasteiger partial charge on any atom is 0.406 e. The number of benzene rings is 2. The Morgan fingerprint density at radius 3 is 2.41 bits per heavy atom. The molecule has 3 rings (SSSR count). The molecule has 1 aliphatic heterocycles. The summed E-state index contributed by atoms with van der Waals surface area (Å²) < 4.78 is 67.0. The zero-order chi connectivity index (χ0) is 20.0. The average Bonchev–Trinajstić information content (AvgIpc) is 2.58. The standard InChI is InChI=1S/C18H14ClF5N2O/c1-2-17(10-3-5-13(20)14(21)7-10)12-8-11(19)4-6-15(12)25-16(27)26(17)9-18(22,23)24/h3-8H,2,9H2,1H3,(H,25,27). The van der Waals surface area contributed by atoms with E-state index in [-0.39, 0.29) is 28.3 Å². The number of urea groups is 1. The first kappa shape index (κ1) is 19.4. The van der Waals surface area contributed by atoms with Crippen molar-refractivity contribution in [1.29, 1.82) is 0 Å². The predicted molar refractivity (Wildman–Crippen MR) is 90.7 cm³/mol. The molecule has 0 bridgehead atoms. The first-order valence-electron chi connectivity index (χ1n) is 7.99. The van der Waals surface area contributed by atoms with Gasteiger partial charge in [-0.3, -0.25) is 0 Å². The summed E-state index contributed by atoms with van der Waals surface area (Å²) in [4.78, 5) is 13.1. The van der Waals surface area contributed by atoms with E-state index in [1.807, 2.05) is 0 Å². The van der Waals surface area contributed by atoms with Gasteiger partial charge in [0.2, 0.25) is 0 Å². The van der Waals surface area contributed by atoms with Crippen LogP contribution in [0, 0.1) is 11.6 Å². The highest BCUT2D eigenvalue weighted by atomic mass is 35.5. The Bertz CT molecular complexity index is 902. The number of fused-ring (bicyclic) bond motifs is 1. The van der Waals surface area contributed by atoms with Gasteiger partial charge in [0.1, 0.15) is 6.54 Å². The van der Waals surface area contributed by atoms with Crippen molar-refractivity contribution < 1.29 is 26.7 Å². The Morgan fingerprint density at radius 2 is 1.81 bits per heavy atom. The lowest BCUT2D eigenvalue weighted by atomic mass is 9.77. The molecule has 2 amide bonds. The molecule has 1 unspecified atom stereocenters. The van der Waals surface area contributed by atoms with Crippen molar-refractivity contribution in [3.8, 4) is 0 Å². The molecule has 27 heavy (non-hydrogen) atoms. The molecular weight excluding hydrogens is 391 g/mol. The third kappa shape index (κ3) is 3.34. The molecule has 0 aliphatic carbocycles. The predicted octanol–water partition coefficient (Wildman–Crippen LogP) is 5.68. The summed E-state index contributed by atoms with van der Waals surface area (Å²) in [7, 11) is 0. The van der Waals surface area contributed by atoms with E-state index in [9.17, 15) is 26.7 Å².